The van der Waals surface area contributed by atoms with Gasteiger partial charge in [-0.05, 0) is 18.9 Å². The molecule has 0 bridgehead atoms. The van der Waals surface area contributed by atoms with Crippen LogP contribution in [-0.2, 0) is 9.53 Å². The normalized spacial score (nSPS) is 41.9. The molecule has 2 atom stereocenters. The number of allylic oxidation sites excluding steroid dienone is 1. The zero-order valence-electron chi connectivity index (χ0n) is 6.67. The maximum Gasteiger partial charge on any atom is 0.307 e. The first-order valence-electron chi connectivity index (χ1n) is 4.07. The molecular weight excluding hydrogens is 140 g/mol. The van der Waals surface area contributed by atoms with E-state index in [1.165, 1.54) is 0 Å². The first kappa shape index (κ1) is 6.89. The van der Waals surface area contributed by atoms with Crippen LogP contribution in [0.4, 0.5) is 0 Å². The van der Waals surface area contributed by atoms with Crippen molar-refractivity contribution in [1.29, 1.82) is 0 Å². The Bertz CT molecular complexity index is 220. The lowest BCUT2D eigenvalue weighted by molar-refractivity contribution is -0.140. The molecule has 0 aromatic carbocycles. The van der Waals surface area contributed by atoms with Gasteiger partial charge in [-0.1, -0.05) is 13.0 Å². The number of rotatable bonds is 0. The van der Waals surface area contributed by atoms with Gasteiger partial charge in [0, 0.05) is 5.41 Å². The molecule has 0 radical (unpaired) electrons. The van der Waals surface area contributed by atoms with E-state index in [1.807, 2.05) is 6.08 Å². The van der Waals surface area contributed by atoms with Crippen LogP contribution in [0, 0.1) is 5.41 Å². The van der Waals surface area contributed by atoms with Crippen molar-refractivity contribution in [1.82, 2.24) is 0 Å². The van der Waals surface area contributed by atoms with E-state index in [1.54, 1.807) is 0 Å². The lowest BCUT2D eigenvalue weighted by atomic mass is 9.76. The Kier molecular flexibility index (Phi) is 1.31. The highest BCUT2D eigenvalue weighted by Gasteiger charge is 2.44. The minimum Gasteiger partial charge on any atom is -0.457 e. The molecule has 0 aromatic rings. The molecule has 1 fully saturated rings. The molecule has 0 spiro atoms. The highest BCUT2D eigenvalue weighted by molar-refractivity contribution is 5.73. The summed E-state index contributed by atoms with van der Waals surface area (Å²) in [6.07, 6.45) is 6.95. The minimum atomic E-state index is -0.0379. The average molecular weight is 152 g/mol. The first-order valence-corrected chi connectivity index (χ1v) is 4.07. The molecule has 1 aliphatic carbocycles. The molecule has 1 saturated heterocycles. The summed E-state index contributed by atoms with van der Waals surface area (Å²) in [5.74, 6) is -0.0379. The number of hydrogen-bond donors (Lipinski definition) is 0. The topological polar surface area (TPSA) is 26.3 Å². The second-order valence-corrected chi connectivity index (χ2v) is 3.71. The zero-order valence-corrected chi connectivity index (χ0v) is 6.67. The lowest BCUT2D eigenvalue weighted by Gasteiger charge is -2.28. The maximum absolute atomic E-state index is 11.0. The molecule has 0 amide bonds. The van der Waals surface area contributed by atoms with Gasteiger partial charge < -0.3 is 4.74 Å². The summed E-state index contributed by atoms with van der Waals surface area (Å²) < 4.78 is 5.14. The molecule has 11 heavy (non-hydrogen) atoms. The molecule has 2 heteroatoms. The Hall–Kier alpha value is -0.790. The summed E-state index contributed by atoms with van der Waals surface area (Å²) in [5.41, 5.74) is 0.103. The fourth-order valence-electron chi connectivity index (χ4n) is 1.89. The number of carbonyl (C=O) groups is 1. The molecule has 0 saturated carbocycles. The van der Waals surface area contributed by atoms with Gasteiger partial charge in [0.15, 0.2) is 0 Å². The van der Waals surface area contributed by atoms with Gasteiger partial charge in [0.05, 0.1) is 6.42 Å². The smallest absolute Gasteiger partial charge is 0.307 e. The number of hydrogen-bond acceptors (Lipinski definition) is 2. The summed E-state index contributed by atoms with van der Waals surface area (Å²) in [7, 11) is 0. The summed E-state index contributed by atoms with van der Waals surface area (Å²) in [6, 6.07) is 0. The fourth-order valence-corrected chi connectivity index (χ4v) is 1.89. The van der Waals surface area contributed by atoms with Crippen LogP contribution in [0.1, 0.15) is 26.2 Å². The second-order valence-electron chi connectivity index (χ2n) is 3.71. The van der Waals surface area contributed by atoms with Gasteiger partial charge in [0.1, 0.15) is 6.10 Å². The number of esters is 1. The molecule has 2 nitrogen and oxygen atoms in total. The van der Waals surface area contributed by atoms with Crippen molar-refractivity contribution in [3.63, 3.8) is 0 Å². The molecule has 1 heterocycles. The van der Waals surface area contributed by atoms with E-state index in [0.29, 0.717) is 6.42 Å². The Morgan fingerprint density at radius 2 is 2.55 bits per heavy atom. The third-order valence-corrected chi connectivity index (χ3v) is 2.69. The summed E-state index contributed by atoms with van der Waals surface area (Å²) >= 11 is 0. The van der Waals surface area contributed by atoms with Crippen LogP contribution in [0.2, 0.25) is 0 Å². The van der Waals surface area contributed by atoms with Crippen molar-refractivity contribution in [2.24, 2.45) is 5.41 Å². The van der Waals surface area contributed by atoms with Crippen LogP contribution in [-0.4, -0.2) is 12.1 Å². The van der Waals surface area contributed by atoms with Crippen molar-refractivity contribution in [3.05, 3.63) is 12.2 Å². The molecular formula is C9H12O2. The van der Waals surface area contributed by atoms with Crippen LogP contribution in [0.15, 0.2) is 12.2 Å². The van der Waals surface area contributed by atoms with Crippen LogP contribution in [0.3, 0.4) is 0 Å². The van der Waals surface area contributed by atoms with E-state index >= 15 is 0 Å². The Morgan fingerprint density at radius 1 is 1.73 bits per heavy atom. The monoisotopic (exact) mass is 152 g/mol. The lowest BCUT2D eigenvalue weighted by Crippen LogP contribution is -2.27. The van der Waals surface area contributed by atoms with E-state index in [4.69, 9.17) is 4.74 Å². The van der Waals surface area contributed by atoms with Gasteiger partial charge in [-0.2, -0.15) is 0 Å². The predicted molar refractivity (Wildman–Crippen MR) is 41.0 cm³/mol. The van der Waals surface area contributed by atoms with Crippen molar-refractivity contribution in [2.75, 3.05) is 0 Å². The molecule has 1 aliphatic heterocycles. The van der Waals surface area contributed by atoms with Crippen molar-refractivity contribution in [2.45, 2.75) is 32.3 Å². The van der Waals surface area contributed by atoms with E-state index in [9.17, 15) is 4.79 Å². The largest absolute Gasteiger partial charge is 0.457 e. The predicted octanol–water partition coefficient (Wildman–Crippen LogP) is 1.66. The van der Waals surface area contributed by atoms with Crippen molar-refractivity contribution in [3.8, 4) is 0 Å². The molecule has 60 valence electrons. The minimum absolute atomic E-state index is 0.0379. The fraction of sp³-hybridized carbons (Fsp3) is 0.667. The van der Waals surface area contributed by atoms with Crippen LogP contribution >= 0.6 is 0 Å². The highest BCUT2D eigenvalue weighted by atomic mass is 16.6. The van der Waals surface area contributed by atoms with Gasteiger partial charge in [-0.25, -0.2) is 0 Å². The van der Waals surface area contributed by atoms with Crippen molar-refractivity contribution >= 4 is 5.97 Å². The number of fused-ring (bicyclic) bond motifs is 1. The Morgan fingerprint density at radius 3 is 3.27 bits per heavy atom. The standard InChI is InChI=1S/C9H12O2/c1-9-5-3-2-4-7(9)11-8(10)6-9/h2,4,7H,3,5-6H2,1H3/t7-,9-/m0/s1. The van der Waals surface area contributed by atoms with Crippen LogP contribution < -0.4 is 0 Å². The van der Waals surface area contributed by atoms with Crippen molar-refractivity contribution < 1.29 is 9.53 Å². The van der Waals surface area contributed by atoms with Gasteiger partial charge in [-0.15, -0.1) is 0 Å². The third kappa shape index (κ3) is 0.971. The van der Waals surface area contributed by atoms with Gasteiger partial charge in [0.25, 0.3) is 0 Å². The van der Waals surface area contributed by atoms with E-state index < -0.39 is 0 Å². The summed E-state index contributed by atoms with van der Waals surface area (Å²) in [5, 5.41) is 0. The van der Waals surface area contributed by atoms with Crippen LogP contribution in [0.25, 0.3) is 0 Å². The average Bonchev–Trinajstić information content (AvgIpc) is 2.22. The molecule has 0 unspecified atom stereocenters. The summed E-state index contributed by atoms with van der Waals surface area (Å²) in [6.45, 7) is 2.13. The van der Waals surface area contributed by atoms with Gasteiger partial charge in [0.2, 0.25) is 0 Å². The Labute approximate surface area is 66.2 Å². The summed E-state index contributed by atoms with van der Waals surface area (Å²) in [4.78, 5) is 11.0. The first-order chi connectivity index (χ1) is 5.21. The van der Waals surface area contributed by atoms with Gasteiger partial charge >= 0.3 is 5.97 Å². The number of ether oxygens (including phenoxy) is 1. The van der Waals surface area contributed by atoms with E-state index in [0.717, 1.165) is 12.8 Å². The quantitative estimate of drug-likeness (QED) is 0.390. The molecule has 2 rings (SSSR count). The third-order valence-electron chi connectivity index (χ3n) is 2.69. The highest BCUT2D eigenvalue weighted by Crippen LogP contribution is 2.42. The molecule has 0 aromatic heterocycles. The Balaban J connectivity index is 2.27. The molecule has 2 aliphatic rings. The SMILES string of the molecule is C[C@@]12CCC=C[C@@H]1OC(=O)C2. The second kappa shape index (κ2) is 2.10. The van der Waals surface area contributed by atoms with Crippen LogP contribution in [0.5, 0.6) is 0 Å². The van der Waals surface area contributed by atoms with Gasteiger partial charge in [-0.3, -0.25) is 4.79 Å². The van der Waals surface area contributed by atoms with E-state index in [-0.39, 0.29) is 17.5 Å². The molecule has 0 N–H and O–H groups in total. The maximum atomic E-state index is 11.0. The number of carbonyl (C=O) groups excluding carboxylic acids is 1. The zero-order chi connectivity index (χ0) is 7.90. The van der Waals surface area contributed by atoms with E-state index in [2.05, 4.69) is 13.0 Å².